The second kappa shape index (κ2) is 9.84. The first-order chi connectivity index (χ1) is 14.5. The number of nitrogen functional groups attached to an aromatic ring is 1. The minimum atomic E-state index is -0.850. The number of halogens is 1. The second-order valence-electron chi connectivity index (χ2n) is 8.00. The van der Waals surface area contributed by atoms with E-state index in [9.17, 15) is 9.90 Å². The summed E-state index contributed by atoms with van der Waals surface area (Å²) in [5.41, 5.74) is 7.95. The van der Waals surface area contributed by atoms with Gasteiger partial charge >= 0.3 is 5.97 Å². The summed E-state index contributed by atoms with van der Waals surface area (Å²) in [5.74, 6) is -0.668. The monoisotopic (exact) mass is 438 g/mol. The van der Waals surface area contributed by atoms with Gasteiger partial charge in [0.15, 0.2) is 0 Å². The van der Waals surface area contributed by atoms with Gasteiger partial charge in [0.1, 0.15) is 11.6 Å². The molecule has 3 aromatic rings. The number of ether oxygens (including phenoxy) is 1. The summed E-state index contributed by atoms with van der Waals surface area (Å²) in [4.78, 5) is 12.0. The molecule has 0 radical (unpaired) electrons. The molecule has 1 aliphatic carbocycles. The predicted molar refractivity (Wildman–Crippen MR) is 126 cm³/mol. The van der Waals surface area contributed by atoms with Gasteiger partial charge in [-0.15, -0.1) is 12.4 Å². The summed E-state index contributed by atoms with van der Waals surface area (Å²) >= 11 is 0. The molecule has 0 spiro atoms. The predicted octanol–water partition coefficient (Wildman–Crippen LogP) is 5.28. The Labute approximate surface area is 188 Å². The van der Waals surface area contributed by atoms with Gasteiger partial charge in [-0.3, -0.25) is 10.2 Å². The molecule has 1 aliphatic rings. The van der Waals surface area contributed by atoms with E-state index < -0.39 is 11.9 Å². The highest BCUT2D eigenvalue weighted by Crippen LogP contribution is 2.28. The third-order valence-corrected chi connectivity index (χ3v) is 5.84. The van der Waals surface area contributed by atoms with Gasteiger partial charge in [-0.1, -0.05) is 42.5 Å². The van der Waals surface area contributed by atoms with Crippen molar-refractivity contribution in [2.45, 2.75) is 44.1 Å². The van der Waals surface area contributed by atoms with E-state index in [2.05, 4.69) is 0 Å². The van der Waals surface area contributed by atoms with Crippen LogP contribution in [-0.4, -0.2) is 23.0 Å². The lowest BCUT2D eigenvalue weighted by Crippen LogP contribution is -2.15. The first-order valence-corrected chi connectivity index (χ1v) is 10.4. The Hall–Kier alpha value is -3.05. The molecule has 3 aromatic carbocycles. The van der Waals surface area contributed by atoms with Gasteiger partial charge in [0.05, 0.1) is 12.0 Å². The molecule has 0 unspecified atom stereocenters. The second-order valence-corrected chi connectivity index (χ2v) is 8.00. The van der Waals surface area contributed by atoms with Crippen molar-refractivity contribution in [2.24, 2.45) is 5.73 Å². The number of carboxylic acid groups (broad SMARTS) is 1. The highest BCUT2D eigenvalue weighted by atomic mass is 35.5. The summed E-state index contributed by atoms with van der Waals surface area (Å²) in [6, 6.07) is 19.0. The van der Waals surface area contributed by atoms with Crippen LogP contribution in [0.25, 0.3) is 10.8 Å². The molecule has 162 valence electrons. The molecule has 1 atom stereocenters. The summed E-state index contributed by atoms with van der Waals surface area (Å²) in [7, 11) is 0. The molecule has 6 heteroatoms. The van der Waals surface area contributed by atoms with Crippen LogP contribution >= 0.6 is 12.4 Å². The lowest BCUT2D eigenvalue weighted by molar-refractivity contribution is -0.138. The summed E-state index contributed by atoms with van der Waals surface area (Å²) in [6.45, 7) is 0. The molecule has 0 heterocycles. The first kappa shape index (κ1) is 22.6. The quantitative estimate of drug-likeness (QED) is 0.345. The van der Waals surface area contributed by atoms with E-state index in [0.29, 0.717) is 12.0 Å². The zero-order valence-electron chi connectivity index (χ0n) is 17.2. The van der Waals surface area contributed by atoms with E-state index in [-0.39, 0.29) is 24.3 Å². The number of benzene rings is 3. The lowest BCUT2D eigenvalue weighted by Gasteiger charge is -2.16. The number of amidine groups is 1. The van der Waals surface area contributed by atoms with Crippen LogP contribution < -0.4 is 10.5 Å². The van der Waals surface area contributed by atoms with Crippen molar-refractivity contribution in [3.05, 3.63) is 77.4 Å². The average Bonchev–Trinajstić information content (AvgIpc) is 3.25. The Balaban J connectivity index is 0.00000272. The molecule has 1 fully saturated rings. The van der Waals surface area contributed by atoms with Gasteiger partial charge < -0.3 is 15.6 Å². The lowest BCUT2D eigenvalue weighted by atomic mass is 9.91. The average molecular weight is 439 g/mol. The molecule has 4 rings (SSSR count). The van der Waals surface area contributed by atoms with Gasteiger partial charge in [-0.05, 0) is 72.2 Å². The van der Waals surface area contributed by atoms with Crippen LogP contribution in [0.2, 0.25) is 0 Å². The van der Waals surface area contributed by atoms with E-state index in [1.54, 1.807) is 0 Å². The fourth-order valence-corrected chi connectivity index (χ4v) is 4.15. The Morgan fingerprint density at radius 3 is 2.35 bits per heavy atom. The van der Waals surface area contributed by atoms with Crippen molar-refractivity contribution in [3.8, 4) is 5.75 Å². The maximum atomic E-state index is 12.0. The van der Waals surface area contributed by atoms with E-state index in [1.807, 2.05) is 60.7 Å². The third-order valence-electron chi connectivity index (χ3n) is 5.84. The van der Waals surface area contributed by atoms with E-state index in [1.165, 1.54) is 12.8 Å². The largest absolute Gasteiger partial charge is 0.490 e. The molecule has 4 N–H and O–H groups in total. The van der Waals surface area contributed by atoms with Crippen molar-refractivity contribution in [1.29, 1.82) is 5.41 Å². The standard InChI is InChI=1S/C25H26N2O3.ClH/c26-24(27)19-8-7-17-6-5-16(13-20(17)15-19)14-23(25(28)29)18-9-11-22(12-10-18)30-21-3-1-2-4-21;/h5-13,15,21,23H,1-4,14H2,(H3,26,27)(H,28,29);1H/t23-;/m0./s1. The van der Waals surface area contributed by atoms with Crippen LogP contribution in [0.5, 0.6) is 5.75 Å². The van der Waals surface area contributed by atoms with Crippen LogP contribution in [0.1, 0.15) is 48.3 Å². The summed E-state index contributed by atoms with van der Waals surface area (Å²) in [6.07, 6.45) is 5.27. The summed E-state index contributed by atoms with van der Waals surface area (Å²) < 4.78 is 5.99. The smallest absolute Gasteiger partial charge is 0.311 e. The Bertz CT molecular complexity index is 1080. The van der Waals surface area contributed by atoms with Gasteiger partial charge in [-0.25, -0.2) is 0 Å². The molecule has 0 aromatic heterocycles. The molecule has 0 saturated heterocycles. The number of nitrogens with two attached hydrogens (primary N) is 1. The highest BCUT2D eigenvalue weighted by Gasteiger charge is 2.21. The third kappa shape index (κ3) is 5.36. The molecule has 31 heavy (non-hydrogen) atoms. The van der Waals surface area contributed by atoms with Crippen molar-refractivity contribution < 1.29 is 14.6 Å². The molecule has 0 amide bonds. The zero-order valence-corrected chi connectivity index (χ0v) is 18.0. The van der Waals surface area contributed by atoms with Crippen LogP contribution in [-0.2, 0) is 11.2 Å². The minimum absolute atomic E-state index is 0. The number of hydrogen-bond acceptors (Lipinski definition) is 3. The Morgan fingerprint density at radius 1 is 1.03 bits per heavy atom. The van der Waals surface area contributed by atoms with E-state index >= 15 is 0 Å². The number of carbonyl (C=O) groups is 1. The molecular formula is C25H27ClN2O3. The molecule has 0 bridgehead atoms. The Kier molecular flexibility index (Phi) is 7.18. The van der Waals surface area contributed by atoms with Gasteiger partial charge in [0.2, 0.25) is 0 Å². The van der Waals surface area contributed by atoms with Crippen LogP contribution in [0.15, 0.2) is 60.7 Å². The minimum Gasteiger partial charge on any atom is -0.490 e. The zero-order chi connectivity index (χ0) is 21.1. The number of hydrogen-bond donors (Lipinski definition) is 3. The highest BCUT2D eigenvalue weighted by molar-refractivity contribution is 5.99. The number of rotatable bonds is 7. The van der Waals surface area contributed by atoms with Crippen LogP contribution in [0, 0.1) is 5.41 Å². The normalized spacial score (nSPS) is 14.7. The fraction of sp³-hybridized carbons (Fsp3) is 0.280. The van der Waals surface area contributed by atoms with Crippen molar-refractivity contribution in [3.63, 3.8) is 0 Å². The van der Waals surface area contributed by atoms with Crippen molar-refractivity contribution >= 4 is 35.0 Å². The van der Waals surface area contributed by atoms with Gasteiger partial charge in [-0.2, -0.15) is 0 Å². The number of aliphatic carboxylic acids is 1. The number of fused-ring (bicyclic) bond motifs is 1. The first-order valence-electron chi connectivity index (χ1n) is 10.4. The molecule has 0 aliphatic heterocycles. The van der Waals surface area contributed by atoms with Crippen LogP contribution in [0.3, 0.4) is 0 Å². The van der Waals surface area contributed by atoms with Gasteiger partial charge in [0, 0.05) is 5.56 Å². The number of carboxylic acids is 1. The summed E-state index contributed by atoms with van der Waals surface area (Å²) in [5, 5.41) is 19.4. The maximum Gasteiger partial charge on any atom is 0.311 e. The van der Waals surface area contributed by atoms with Crippen molar-refractivity contribution in [2.75, 3.05) is 0 Å². The molecule has 1 saturated carbocycles. The Morgan fingerprint density at radius 2 is 1.71 bits per heavy atom. The molecular weight excluding hydrogens is 412 g/mol. The molecule has 5 nitrogen and oxygen atoms in total. The maximum absolute atomic E-state index is 12.0. The topological polar surface area (TPSA) is 96.4 Å². The number of nitrogens with one attached hydrogen (secondary N) is 1. The van der Waals surface area contributed by atoms with Gasteiger partial charge in [0.25, 0.3) is 0 Å². The fourth-order valence-electron chi connectivity index (χ4n) is 4.15. The SMILES string of the molecule is Cl.N=C(N)c1ccc2ccc(C[C@H](C(=O)O)c3ccc(OC4CCCC4)cc3)cc2c1. The van der Waals surface area contributed by atoms with E-state index in [4.69, 9.17) is 15.9 Å². The van der Waals surface area contributed by atoms with E-state index in [0.717, 1.165) is 40.5 Å². The van der Waals surface area contributed by atoms with Crippen LogP contribution in [0.4, 0.5) is 0 Å². The van der Waals surface area contributed by atoms with Crippen molar-refractivity contribution in [1.82, 2.24) is 0 Å².